The second-order valence-corrected chi connectivity index (χ2v) is 9.78. The molecule has 1 aliphatic rings. The Morgan fingerprint density at radius 1 is 1.00 bits per heavy atom. The van der Waals surface area contributed by atoms with Gasteiger partial charge in [-0.2, -0.15) is 0 Å². The minimum Gasteiger partial charge on any atom is -0.507 e. The standard InChI is InChI=1S/C32H33NO7/c1-7-40-32(37)21-9-8-10-22(16-21)33-28(20-11-13-23(38-5)14-12-20)27(30(35)31(33)36)29(34)25-17-24(18(2)3)26(39-6)15-19(25)4/h8-18,28,34H,7H2,1-6H3/b29-27+. The van der Waals surface area contributed by atoms with E-state index in [1.807, 2.05) is 26.8 Å². The van der Waals surface area contributed by atoms with Crippen LogP contribution in [0.1, 0.15) is 65.3 Å². The van der Waals surface area contributed by atoms with Crippen LogP contribution in [0.5, 0.6) is 11.5 Å². The van der Waals surface area contributed by atoms with Crippen LogP contribution in [0.25, 0.3) is 5.76 Å². The van der Waals surface area contributed by atoms with Gasteiger partial charge in [0, 0.05) is 11.3 Å². The predicted octanol–water partition coefficient (Wildman–Crippen LogP) is 5.94. The summed E-state index contributed by atoms with van der Waals surface area (Å²) in [5.74, 6) is -1.14. The fourth-order valence-corrected chi connectivity index (χ4v) is 4.92. The maximum Gasteiger partial charge on any atom is 0.338 e. The van der Waals surface area contributed by atoms with Crippen LogP contribution in [0, 0.1) is 6.92 Å². The number of carbonyl (C=O) groups is 3. The molecule has 1 atom stereocenters. The number of nitrogens with zero attached hydrogens (tertiary/aromatic N) is 1. The van der Waals surface area contributed by atoms with Crippen molar-refractivity contribution in [3.8, 4) is 11.5 Å². The molecule has 0 aliphatic carbocycles. The Kier molecular flexibility index (Phi) is 8.28. The average molecular weight is 544 g/mol. The molecule has 0 spiro atoms. The van der Waals surface area contributed by atoms with Crippen LogP contribution >= 0.6 is 0 Å². The fraction of sp³-hybridized carbons (Fsp3) is 0.281. The number of benzene rings is 3. The Morgan fingerprint density at radius 2 is 1.70 bits per heavy atom. The Labute approximate surface area is 233 Å². The SMILES string of the molecule is CCOC(=O)c1cccc(N2C(=O)C(=O)/C(=C(/O)c3cc(C(C)C)c(OC)cc3C)C2c2ccc(OC)cc2)c1. The molecule has 208 valence electrons. The van der Waals surface area contributed by atoms with E-state index >= 15 is 0 Å². The van der Waals surface area contributed by atoms with Gasteiger partial charge in [0.15, 0.2) is 0 Å². The van der Waals surface area contributed by atoms with Gasteiger partial charge in [-0.3, -0.25) is 14.5 Å². The van der Waals surface area contributed by atoms with Gasteiger partial charge in [-0.05, 0) is 78.9 Å². The molecule has 1 amide bonds. The topological polar surface area (TPSA) is 102 Å². The minimum atomic E-state index is -0.965. The Balaban J connectivity index is 1.96. The quantitative estimate of drug-likeness (QED) is 0.162. The number of ether oxygens (including phenoxy) is 3. The van der Waals surface area contributed by atoms with Crippen LogP contribution in [0.15, 0.2) is 66.2 Å². The van der Waals surface area contributed by atoms with Crippen LogP contribution in [-0.4, -0.2) is 43.6 Å². The smallest absolute Gasteiger partial charge is 0.338 e. The third kappa shape index (κ3) is 5.17. The highest BCUT2D eigenvalue weighted by Crippen LogP contribution is 2.44. The number of rotatable bonds is 8. The lowest BCUT2D eigenvalue weighted by molar-refractivity contribution is -0.132. The summed E-state index contributed by atoms with van der Waals surface area (Å²) in [6, 6.07) is 15.9. The zero-order valence-corrected chi connectivity index (χ0v) is 23.5. The van der Waals surface area contributed by atoms with Crippen molar-refractivity contribution >= 4 is 29.1 Å². The van der Waals surface area contributed by atoms with Gasteiger partial charge < -0.3 is 19.3 Å². The second kappa shape index (κ2) is 11.7. The molecule has 3 aromatic carbocycles. The van der Waals surface area contributed by atoms with Crippen LogP contribution in [-0.2, 0) is 14.3 Å². The van der Waals surface area contributed by atoms with Gasteiger partial charge in [-0.1, -0.05) is 32.0 Å². The van der Waals surface area contributed by atoms with Crippen molar-refractivity contribution in [3.63, 3.8) is 0 Å². The van der Waals surface area contributed by atoms with Crippen LogP contribution in [0.2, 0.25) is 0 Å². The second-order valence-electron chi connectivity index (χ2n) is 9.78. The molecule has 1 fully saturated rings. The van der Waals surface area contributed by atoms with E-state index in [1.165, 1.54) is 11.0 Å². The number of Topliss-reactive ketones (excluding diaryl/α,β-unsaturated/α-hetero) is 1. The molecule has 0 saturated carbocycles. The number of aliphatic hydroxyl groups excluding tert-OH is 1. The Hall–Kier alpha value is -4.59. The van der Waals surface area contributed by atoms with E-state index in [0.29, 0.717) is 33.9 Å². The molecule has 8 heteroatoms. The maximum absolute atomic E-state index is 13.6. The van der Waals surface area contributed by atoms with Gasteiger partial charge in [-0.15, -0.1) is 0 Å². The van der Waals surface area contributed by atoms with Crippen molar-refractivity contribution in [1.82, 2.24) is 0 Å². The summed E-state index contributed by atoms with van der Waals surface area (Å²) in [6.45, 7) is 7.71. The number of ketones is 1. The van der Waals surface area contributed by atoms with E-state index in [2.05, 4.69) is 0 Å². The van der Waals surface area contributed by atoms with E-state index in [9.17, 15) is 19.5 Å². The van der Waals surface area contributed by atoms with Crippen molar-refractivity contribution in [1.29, 1.82) is 0 Å². The third-order valence-electron chi connectivity index (χ3n) is 6.97. The summed E-state index contributed by atoms with van der Waals surface area (Å²) in [6.07, 6.45) is 0. The highest BCUT2D eigenvalue weighted by atomic mass is 16.5. The van der Waals surface area contributed by atoms with Crippen LogP contribution in [0.3, 0.4) is 0 Å². The highest BCUT2D eigenvalue weighted by molar-refractivity contribution is 6.51. The first-order chi connectivity index (χ1) is 19.1. The molecule has 1 saturated heterocycles. The van der Waals surface area contributed by atoms with Gasteiger partial charge in [-0.25, -0.2) is 4.79 Å². The number of aliphatic hydroxyl groups is 1. The first-order valence-corrected chi connectivity index (χ1v) is 13.0. The molecule has 0 bridgehead atoms. The molecule has 0 radical (unpaired) electrons. The summed E-state index contributed by atoms with van der Waals surface area (Å²) in [5, 5.41) is 11.7. The fourth-order valence-electron chi connectivity index (χ4n) is 4.92. The number of hydrogen-bond donors (Lipinski definition) is 1. The molecular formula is C32H33NO7. The molecular weight excluding hydrogens is 510 g/mol. The first kappa shape index (κ1) is 28.4. The number of carbonyl (C=O) groups excluding carboxylic acids is 3. The molecule has 1 N–H and O–H groups in total. The lowest BCUT2D eigenvalue weighted by Gasteiger charge is -2.26. The number of amides is 1. The predicted molar refractivity (Wildman–Crippen MR) is 152 cm³/mol. The van der Waals surface area contributed by atoms with E-state index in [-0.39, 0.29) is 29.4 Å². The van der Waals surface area contributed by atoms with E-state index in [0.717, 1.165) is 5.56 Å². The molecule has 4 rings (SSSR count). The summed E-state index contributed by atoms with van der Waals surface area (Å²) < 4.78 is 16.0. The van der Waals surface area contributed by atoms with Gasteiger partial charge in [0.05, 0.1) is 38.0 Å². The number of methoxy groups -OCH3 is 2. The molecule has 1 unspecified atom stereocenters. The summed E-state index contributed by atoms with van der Waals surface area (Å²) >= 11 is 0. The molecule has 1 aliphatic heterocycles. The summed E-state index contributed by atoms with van der Waals surface area (Å²) in [4.78, 5) is 41.0. The number of hydrogen-bond acceptors (Lipinski definition) is 7. The van der Waals surface area contributed by atoms with E-state index < -0.39 is 23.7 Å². The Morgan fingerprint density at radius 3 is 2.30 bits per heavy atom. The maximum atomic E-state index is 13.6. The van der Waals surface area contributed by atoms with Gasteiger partial charge in [0.1, 0.15) is 17.3 Å². The number of anilines is 1. The van der Waals surface area contributed by atoms with Gasteiger partial charge >= 0.3 is 5.97 Å². The largest absolute Gasteiger partial charge is 0.507 e. The third-order valence-corrected chi connectivity index (χ3v) is 6.97. The van der Waals surface area contributed by atoms with Gasteiger partial charge in [0.2, 0.25) is 0 Å². The Bertz CT molecular complexity index is 1490. The van der Waals surface area contributed by atoms with Gasteiger partial charge in [0.25, 0.3) is 11.7 Å². The summed E-state index contributed by atoms with van der Waals surface area (Å²) in [7, 11) is 3.13. The molecule has 40 heavy (non-hydrogen) atoms. The zero-order chi connectivity index (χ0) is 29.1. The molecule has 1 heterocycles. The zero-order valence-electron chi connectivity index (χ0n) is 23.5. The lowest BCUT2D eigenvalue weighted by atomic mass is 9.91. The average Bonchev–Trinajstić information content (AvgIpc) is 3.22. The van der Waals surface area contributed by atoms with Crippen molar-refractivity contribution in [2.75, 3.05) is 25.7 Å². The van der Waals surface area contributed by atoms with Crippen molar-refractivity contribution < 1.29 is 33.7 Å². The normalized spacial score (nSPS) is 16.4. The minimum absolute atomic E-state index is 0.0559. The van der Waals surface area contributed by atoms with Crippen LogP contribution < -0.4 is 14.4 Å². The lowest BCUT2D eigenvalue weighted by Crippen LogP contribution is -2.29. The number of aryl methyl sites for hydroxylation is 1. The molecule has 3 aromatic rings. The van der Waals surface area contributed by atoms with Crippen molar-refractivity contribution in [2.45, 2.75) is 39.7 Å². The highest BCUT2D eigenvalue weighted by Gasteiger charge is 2.47. The van der Waals surface area contributed by atoms with Crippen molar-refractivity contribution in [3.05, 3.63) is 94.1 Å². The van der Waals surface area contributed by atoms with E-state index in [1.54, 1.807) is 69.7 Å². The van der Waals surface area contributed by atoms with Crippen molar-refractivity contribution in [2.24, 2.45) is 0 Å². The first-order valence-electron chi connectivity index (χ1n) is 13.0. The summed E-state index contributed by atoms with van der Waals surface area (Å²) in [5.41, 5.74) is 3.05. The van der Waals surface area contributed by atoms with E-state index in [4.69, 9.17) is 14.2 Å². The molecule has 8 nitrogen and oxygen atoms in total. The number of esters is 1. The molecule has 0 aromatic heterocycles. The van der Waals surface area contributed by atoms with Crippen LogP contribution in [0.4, 0.5) is 5.69 Å². The monoisotopic (exact) mass is 543 g/mol.